The van der Waals surface area contributed by atoms with Crippen LogP contribution in [0.5, 0.6) is 0 Å². The molecule has 0 amide bonds. The van der Waals surface area contributed by atoms with Crippen molar-refractivity contribution in [2.45, 2.75) is 58.2 Å². The molecule has 1 saturated heterocycles. The zero-order chi connectivity index (χ0) is 20.7. The normalized spacial score (nSPS) is 21.5. The van der Waals surface area contributed by atoms with Crippen molar-refractivity contribution in [3.8, 4) is 11.1 Å². The molecule has 28 heavy (non-hydrogen) atoms. The summed E-state index contributed by atoms with van der Waals surface area (Å²) in [6.07, 6.45) is 0. The van der Waals surface area contributed by atoms with E-state index in [2.05, 4.69) is 71.9 Å². The predicted octanol–water partition coefficient (Wildman–Crippen LogP) is 4.54. The van der Waals surface area contributed by atoms with Crippen LogP contribution < -0.4 is 10.8 Å². The van der Waals surface area contributed by atoms with Gasteiger partial charge in [0.15, 0.2) is 0 Å². The number of hydrogen-bond acceptors (Lipinski definition) is 3. The standard InChI is InChI=1S/C23H30BO3P/c1-21(2)19-13-15(24-26-22(3,4)23(5,6)27-24)9-11-17(19)18-12-10-16(14-20(18)21)28(7,8)25/h9-14H,1-8H3. The maximum Gasteiger partial charge on any atom is 0.494 e. The zero-order valence-electron chi connectivity index (χ0n) is 18.2. The number of fused-ring (bicyclic) bond motifs is 3. The minimum absolute atomic E-state index is 0.157. The van der Waals surface area contributed by atoms with Crippen LogP contribution in [0.25, 0.3) is 11.1 Å². The Balaban J connectivity index is 1.78. The highest BCUT2D eigenvalue weighted by molar-refractivity contribution is 7.70. The summed E-state index contributed by atoms with van der Waals surface area (Å²) in [5, 5.41) is 0.943. The summed E-state index contributed by atoms with van der Waals surface area (Å²) in [4.78, 5) is 0. The van der Waals surface area contributed by atoms with Crippen LogP contribution in [-0.4, -0.2) is 31.7 Å². The van der Waals surface area contributed by atoms with Crippen molar-refractivity contribution in [2.75, 3.05) is 13.3 Å². The molecular weight excluding hydrogens is 366 g/mol. The lowest BCUT2D eigenvalue weighted by Crippen LogP contribution is -2.41. The van der Waals surface area contributed by atoms with E-state index in [1.165, 1.54) is 22.3 Å². The predicted molar refractivity (Wildman–Crippen MR) is 119 cm³/mol. The molecule has 4 rings (SSSR count). The Labute approximate surface area is 169 Å². The number of rotatable bonds is 2. The highest BCUT2D eigenvalue weighted by Gasteiger charge is 2.52. The quantitative estimate of drug-likeness (QED) is 0.552. The molecule has 0 spiro atoms. The van der Waals surface area contributed by atoms with E-state index in [4.69, 9.17) is 9.31 Å². The Morgan fingerprint density at radius 3 is 1.82 bits per heavy atom. The Hall–Kier alpha value is -1.35. The van der Waals surface area contributed by atoms with Gasteiger partial charge in [-0.25, -0.2) is 0 Å². The average molecular weight is 396 g/mol. The van der Waals surface area contributed by atoms with E-state index in [1.807, 2.05) is 19.4 Å². The molecule has 0 radical (unpaired) electrons. The van der Waals surface area contributed by atoms with Gasteiger partial charge in [-0.15, -0.1) is 0 Å². The van der Waals surface area contributed by atoms with E-state index < -0.39 is 7.14 Å². The molecule has 1 heterocycles. The molecule has 0 aromatic heterocycles. The maximum atomic E-state index is 12.6. The van der Waals surface area contributed by atoms with Crippen LogP contribution in [0.15, 0.2) is 36.4 Å². The summed E-state index contributed by atoms with van der Waals surface area (Å²) in [6.45, 7) is 16.5. The van der Waals surface area contributed by atoms with Crippen molar-refractivity contribution in [1.82, 2.24) is 0 Å². The number of benzene rings is 2. The Kier molecular flexibility index (Phi) is 4.16. The Morgan fingerprint density at radius 2 is 1.29 bits per heavy atom. The van der Waals surface area contributed by atoms with Crippen LogP contribution >= 0.6 is 7.14 Å². The van der Waals surface area contributed by atoms with Gasteiger partial charge in [0.2, 0.25) is 0 Å². The first-order chi connectivity index (χ1) is 12.7. The molecule has 2 aliphatic rings. The molecule has 1 fully saturated rings. The molecule has 148 valence electrons. The molecule has 0 bridgehead atoms. The fourth-order valence-corrected chi connectivity index (χ4v) is 5.08. The second-order valence-corrected chi connectivity index (χ2v) is 13.3. The zero-order valence-corrected chi connectivity index (χ0v) is 19.1. The highest BCUT2D eigenvalue weighted by atomic mass is 31.2. The molecule has 5 heteroatoms. The second kappa shape index (κ2) is 5.84. The molecule has 2 aromatic rings. The van der Waals surface area contributed by atoms with E-state index in [1.54, 1.807) is 0 Å². The highest BCUT2D eigenvalue weighted by Crippen LogP contribution is 2.49. The average Bonchev–Trinajstić information content (AvgIpc) is 2.93. The fraction of sp³-hybridized carbons (Fsp3) is 0.478. The lowest BCUT2D eigenvalue weighted by Gasteiger charge is -2.32. The number of hydrogen-bond donors (Lipinski definition) is 0. The first kappa shape index (κ1) is 19.9. The molecule has 1 aliphatic heterocycles. The summed E-state index contributed by atoms with van der Waals surface area (Å²) in [5.74, 6) is 0. The van der Waals surface area contributed by atoms with Gasteiger partial charge in [0.05, 0.1) is 11.2 Å². The van der Waals surface area contributed by atoms with Gasteiger partial charge in [-0.1, -0.05) is 44.2 Å². The molecule has 0 N–H and O–H groups in total. The van der Waals surface area contributed by atoms with Gasteiger partial charge < -0.3 is 13.9 Å². The van der Waals surface area contributed by atoms with Crippen molar-refractivity contribution in [3.63, 3.8) is 0 Å². The molecule has 0 atom stereocenters. The third kappa shape index (κ3) is 2.84. The van der Waals surface area contributed by atoms with E-state index >= 15 is 0 Å². The first-order valence-corrected chi connectivity index (χ1v) is 12.5. The maximum absolute atomic E-state index is 12.6. The molecule has 1 aliphatic carbocycles. The van der Waals surface area contributed by atoms with Gasteiger partial charge in [0, 0.05) is 10.7 Å². The van der Waals surface area contributed by atoms with E-state index in [9.17, 15) is 4.57 Å². The largest absolute Gasteiger partial charge is 0.494 e. The van der Waals surface area contributed by atoms with Gasteiger partial charge in [-0.3, -0.25) is 0 Å². The van der Waals surface area contributed by atoms with Crippen LogP contribution in [0.2, 0.25) is 0 Å². The lowest BCUT2D eigenvalue weighted by molar-refractivity contribution is 0.00578. The molecule has 0 saturated carbocycles. The van der Waals surface area contributed by atoms with Crippen LogP contribution in [0, 0.1) is 0 Å². The van der Waals surface area contributed by atoms with Crippen LogP contribution in [-0.2, 0) is 19.3 Å². The summed E-state index contributed by atoms with van der Waals surface area (Å²) in [7, 11) is -2.66. The molecular formula is C23H30BO3P. The van der Waals surface area contributed by atoms with Crippen molar-refractivity contribution in [3.05, 3.63) is 47.5 Å². The first-order valence-electron chi connectivity index (χ1n) is 9.95. The molecule has 0 unspecified atom stereocenters. The van der Waals surface area contributed by atoms with Gasteiger partial charge in [-0.05, 0) is 74.8 Å². The lowest BCUT2D eigenvalue weighted by atomic mass is 9.74. The SMILES string of the molecule is CC1(C)c2cc(B3OC(C)(C)C(C)(C)O3)ccc2-c2ccc(P(C)(C)=O)cc21. The van der Waals surface area contributed by atoms with Crippen molar-refractivity contribution < 1.29 is 13.9 Å². The van der Waals surface area contributed by atoms with Gasteiger partial charge in [0.1, 0.15) is 7.14 Å². The van der Waals surface area contributed by atoms with Crippen LogP contribution in [0.3, 0.4) is 0 Å². The minimum atomic E-state index is -2.30. The second-order valence-electron chi connectivity index (χ2n) is 10.1. The fourth-order valence-electron chi connectivity index (χ4n) is 4.20. The summed E-state index contributed by atoms with van der Waals surface area (Å²) in [5.41, 5.74) is 5.18. The van der Waals surface area contributed by atoms with Gasteiger partial charge in [-0.2, -0.15) is 0 Å². The Bertz CT molecular complexity index is 1000. The smallest absolute Gasteiger partial charge is 0.399 e. The minimum Gasteiger partial charge on any atom is -0.399 e. The van der Waals surface area contributed by atoms with Gasteiger partial charge in [0.25, 0.3) is 0 Å². The van der Waals surface area contributed by atoms with Crippen molar-refractivity contribution in [2.24, 2.45) is 0 Å². The van der Waals surface area contributed by atoms with E-state index in [0.29, 0.717) is 0 Å². The summed E-state index contributed by atoms with van der Waals surface area (Å²) in [6, 6.07) is 12.8. The topological polar surface area (TPSA) is 35.5 Å². The third-order valence-corrected chi connectivity index (χ3v) is 8.35. The Morgan fingerprint density at radius 1 is 0.786 bits per heavy atom. The van der Waals surface area contributed by atoms with Crippen LogP contribution in [0.1, 0.15) is 52.7 Å². The monoisotopic (exact) mass is 396 g/mol. The van der Waals surface area contributed by atoms with E-state index in [0.717, 1.165) is 10.8 Å². The van der Waals surface area contributed by atoms with Gasteiger partial charge >= 0.3 is 7.12 Å². The summed E-state index contributed by atoms with van der Waals surface area (Å²) >= 11 is 0. The van der Waals surface area contributed by atoms with Crippen molar-refractivity contribution in [1.29, 1.82) is 0 Å². The van der Waals surface area contributed by atoms with E-state index in [-0.39, 0.29) is 23.7 Å². The molecule has 3 nitrogen and oxygen atoms in total. The summed E-state index contributed by atoms with van der Waals surface area (Å²) < 4.78 is 25.1. The molecule has 2 aromatic carbocycles. The van der Waals surface area contributed by atoms with Crippen LogP contribution in [0.4, 0.5) is 0 Å². The van der Waals surface area contributed by atoms with Crippen molar-refractivity contribution >= 4 is 25.0 Å². The third-order valence-electron chi connectivity index (χ3n) is 6.83.